The van der Waals surface area contributed by atoms with E-state index in [9.17, 15) is 0 Å². The highest BCUT2D eigenvalue weighted by molar-refractivity contribution is 5.16. The Balaban J connectivity index is 1.67. The molecule has 1 aromatic rings. The van der Waals surface area contributed by atoms with Crippen molar-refractivity contribution in [2.75, 3.05) is 25.0 Å². The van der Waals surface area contributed by atoms with Gasteiger partial charge in [-0.25, -0.2) is 0 Å². The topological polar surface area (TPSA) is 86.2 Å². The Morgan fingerprint density at radius 3 is 3.12 bits per heavy atom. The van der Waals surface area contributed by atoms with Crippen LogP contribution in [0.1, 0.15) is 25.2 Å². The van der Waals surface area contributed by atoms with E-state index in [0.717, 1.165) is 26.0 Å². The quantitative estimate of drug-likeness (QED) is 0.736. The summed E-state index contributed by atoms with van der Waals surface area (Å²) in [5.74, 6) is 0.585. The lowest BCUT2D eigenvalue weighted by Crippen LogP contribution is -2.12. The van der Waals surface area contributed by atoms with E-state index in [-0.39, 0.29) is 0 Å². The molecule has 0 amide bonds. The predicted molar refractivity (Wildman–Crippen MR) is 59.1 cm³/mol. The maximum absolute atomic E-state index is 5.51. The van der Waals surface area contributed by atoms with Gasteiger partial charge in [-0.3, -0.25) is 0 Å². The van der Waals surface area contributed by atoms with Crippen LogP contribution in [0.25, 0.3) is 0 Å². The molecular formula is C10H18N4O2. The van der Waals surface area contributed by atoms with Gasteiger partial charge in [0.15, 0.2) is 0 Å². The molecule has 1 aliphatic rings. The Labute approximate surface area is 94.6 Å². The molecule has 0 spiro atoms. The molecule has 1 saturated heterocycles. The molecule has 0 saturated carbocycles. The first kappa shape index (κ1) is 11.3. The zero-order valence-corrected chi connectivity index (χ0v) is 9.32. The number of nitrogens with two attached hydrogens (primary N) is 1. The molecule has 1 atom stereocenters. The van der Waals surface area contributed by atoms with Gasteiger partial charge in [-0.2, -0.15) is 0 Å². The summed E-state index contributed by atoms with van der Waals surface area (Å²) in [6, 6.07) is 0.474. The van der Waals surface area contributed by atoms with Crippen molar-refractivity contribution in [2.24, 2.45) is 5.73 Å². The summed E-state index contributed by atoms with van der Waals surface area (Å²) in [4.78, 5) is 0. The third-order valence-electron chi connectivity index (χ3n) is 2.59. The highest BCUT2D eigenvalue weighted by atomic mass is 16.5. The first-order valence-corrected chi connectivity index (χ1v) is 5.76. The maximum Gasteiger partial charge on any atom is 0.315 e. The molecule has 2 rings (SSSR count). The van der Waals surface area contributed by atoms with Gasteiger partial charge in [0.1, 0.15) is 0 Å². The van der Waals surface area contributed by atoms with E-state index >= 15 is 0 Å². The summed E-state index contributed by atoms with van der Waals surface area (Å²) in [6.45, 7) is 2.22. The molecule has 1 unspecified atom stereocenters. The zero-order chi connectivity index (χ0) is 11.2. The first-order valence-electron chi connectivity index (χ1n) is 5.76. The van der Waals surface area contributed by atoms with Crippen LogP contribution in [0, 0.1) is 0 Å². The van der Waals surface area contributed by atoms with Crippen molar-refractivity contribution < 1.29 is 9.15 Å². The van der Waals surface area contributed by atoms with Crippen molar-refractivity contribution in [1.82, 2.24) is 10.2 Å². The average Bonchev–Trinajstić information content (AvgIpc) is 2.90. The van der Waals surface area contributed by atoms with Gasteiger partial charge in [-0.05, 0) is 19.3 Å². The van der Waals surface area contributed by atoms with Crippen LogP contribution in [0.5, 0.6) is 0 Å². The van der Waals surface area contributed by atoms with E-state index in [4.69, 9.17) is 14.9 Å². The molecule has 0 radical (unpaired) electrons. The smallest absolute Gasteiger partial charge is 0.315 e. The van der Waals surface area contributed by atoms with Gasteiger partial charge in [-0.15, -0.1) is 5.10 Å². The summed E-state index contributed by atoms with van der Waals surface area (Å²) in [5, 5.41) is 10.8. The molecule has 6 heteroatoms. The minimum atomic E-state index is 0.388. The molecule has 3 N–H and O–H groups in total. The zero-order valence-electron chi connectivity index (χ0n) is 9.32. The Kier molecular flexibility index (Phi) is 4.12. The van der Waals surface area contributed by atoms with E-state index in [1.165, 1.54) is 6.42 Å². The van der Waals surface area contributed by atoms with Crippen molar-refractivity contribution in [3.63, 3.8) is 0 Å². The number of hydrogen-bond acceptors (Lipinski definition) is 6. The van der Waals surface area contributed by atoms with Crippen LogP contribution >= 0.6 is 0 Å². The highest BCUT2D eigenvalue weighted by Gasteiger charge is 2.15. The van der Waals surface area contributed by atoms with E-state index in [0.29, 0.717) is 31.0 Å². The van der Waals surface area contributed by atoms with Crippen LogP contribution < -0.4 is 11.1 Å². The number of aromatic nitrogens is 2. The van der Waals surface area contributed by atoms with Crippen molar-refractivity contribution in [3.05, 3.63) is 5.89 Å². The van der Waals surface area contributed by atoms with E-state index in [1.54, 1.807) is 0 Å². The summed E-state index contributed by atoms with van der Waals surface area (Å²) in [6.07, 6.45) is 4.32. The second kappa shape index (κ2) is 5.81. The molecule has 16 heavy (non-hydrogen) atoms. The number of anilines is 1. The van der Waals surface area contributed by atoms with Crippen molar-refractivity contribution in [1.29, 1.82) is 0 Å². The van der Waals surface area contributed by atoms with Crippen LogP contribution in [-0.4, -0.2) is 36.0 Å². The van der Waals surface area contributed by atoms with Gasteiger partial charge >= 0.3 is 6.01 Å². The lowest BCUT2D eigenvalue weighted by atomic mass is 10.2. The molecule has 1 aliphatic heterocycles. The third-order valence-corrected chi connectivity index (χ3v) is 2.59. The van der Waals surface area contributed by atoms with Gasteiger partial charge in [0.05, 0.1) is 6.10 Å². The van der Waals surface area contributed by atoms with Gasteiger partial charge in [0.25, 0.3) is 0 Å². The maximum atomic E-state index is 5.51. The fourth-order valence-electron chi connectivity index (χ4n) is 1.76. The van der Waals surface area contributed by atoms with Crippen LogP contribution in [0.4, 0.5) is 6.01 Å². The van der Waals surface area contributed by atoms with Crippen molar-refractivity contribution in [3.8, 4) is 0 Å². The van der Waals surface area contributed by atoms with Gasteiger partial charge in [0.2, 0.25) is 5.89 Å². The summed E-state index contributed by atoms with van der Waals surface area (Å²) >= 11 is 0. The predicted octanol–water partition coefficient (Wildman–Crippen LogP) is 0.552. The molecule has 90 valence electrons. The number of hydrogen-bond donors (Lipinski definition) is 2. The highest BCUT2D eigenvalue weighted by Crippen LogP contribution is 2.15. The summed E-state index contributed by atoms with van der Waals surface area (Å²) < 4.78 is 10.8. The van der Waals surface area contributed by atoms with Crippen LogP contribution in [-0.2, 0) is 11.2 Å². The Morgan fingerprint density at radius 2 is 2.38 bits per heavy atom. The molecule has 0 aliphatic carbocycles. The average molecular weight is 226 g/mol. The lowest BCUT2D eigenvalue weighted by Gasteiger charge is -2.08. The molecule has 2 heterocycles. The largest absolute Gasteiger partial charge is 0.408 e. The molecule has 1 fully saturated rings. The first-order chi connectivity index (χ1) is 7.88. The Hall–Kier alpha value is -1.14. The minimum absolute atomic E-state index is 0.388. The fourth-order valence-corrected chi connectivity index (χ4v) is 1.76. The number of nitrogens with zero attached hydrogens (tertiary/aromatic N) is 2. The normalized spacial score (nSPS) is 20.2. The SMILES string of the molecule is NCCc1nnc(NCCC2CCCO2)o1. The third kappa shape index (κ3) is 3.18. The van der Waals surface area contributed by atoms with Crippen molar-refractivity contribution in [2.45, 2.75) is 31.8 Å². The van der Waals surface area contributed by atoms with E-state index in [2.05, 4.69) is 15.5 Å². The van der Waals surface area contributed by atoms with Gasteiger partial charge in [-0.1, -0.05) is 5.10 Å². The van der Waals surface area contributed by atoms with Crippen LogP contribution in [0.3, 0.4) is 0 Å². The van der Waals surface area contributed by atoms with Gasteiger partial charge < -0.3 is 20.2 Å². The van der Waals surface area contributed by atoms with E-state index in [1.807, 2.05) is 0 Å². The number of rotatable bonds is 6. The van der Waals surface area contributed by atoms with Gasteiger partial charge in [0, 0.05) is 26.1 Å². The fraction of sp³-hybridized carbons (Fsp3) is 0.800. The van der Waals surface area contributed by atoms with Crippen LogP contribution in [0.2, 0.25) is 0 Å². The van der Waals surface area contributed by atoms with Crippen LogP contribution in [0.15, 0.2) is 4.42 Å². The number of ether oxygens (including phenoxy) is 1. The lowest BCUT2D eigenvalue weighted by molar-refractivity contribution is 0.107. The molecule has 1 aromatic heterocycles. The monoisotopic (exact) mass is 226 g/mol. The van der Waals surface area contributed by atoms with E-state index < -0.39 is 0 Å². The second-order valence-electron chi connectivity index (χ2n) is 3.89. The second-order valence-corrected chi connectivity index (χ2v) is 3.89. The molecular weight excluding hydrogens is 208 g/mol. The summed E-state index contributed by atoms with van der Waals surface area (Å²) in [5.41, 5.74) is 5.39. The molecule has 0 aromatic carbocycles. The Bertz CT molecular complexity index is 310. The Morgan fingerprint density at radius 1 is 1.44 bits per heavy atom. The molecule has 6 nitrogen and oxygen atoms in total. The standard InChI is InChI=1S/C10H18N4O2/c11-5-3-9-13-14-10(16-9)12-6-4-8-2-1-7-15-8/h8H,1-7,11H2,(H,12,14). The van der Waals surface area contributed by atoms with Crippen molar-refractivity contribution >= 4 is 6.01 Å². The number of nitrogens with one attached hydrogen (secondary N) is 1. The minimum Gasteiger partial charge on any atom is -0.408 e. The summed E-state index contributed by atoms with van der Waals surface area (Å²) in [7, 11) is 0. The molecule has 0 bridgehead atoms.